The van der Waals surface area contributed by atoms with Crippen LogP contribution < -0.4 is 9.46 Å². The zero-order valence-corrected chi connectivity index (χ0v) is 13.7. The molecule has 118 valence electrons. The van der Waals surface area contributed by atoms with Crippen LogP contribution >= 0.6 is 0 Å². The number of likely N-dealkylation sites (tertiary alicyclic amines) is 1. The molecule has 1 aromatic rings. The van der Waals surface area contributed by atoms with Crippen molar-refractivity contribution < 1.29 is 13.2 Å². The van der Waals surface area contributed by atoms with Gasteiger partial charge in [0.15, 0.2) is 0 Å². The van der Waals surface area contributed by atoms with Crippen molar-refractivity contribution in [3.8, 4) is 5.75 Å². The Morgan fingerprint density at radius 2 is 2.19 bits per heavy atom. The van der Waals surface area contributed by atoms with Gasteiger partial charge >= 0.3 is 0 Å². The molecule has 5 nitrogen and oxygen atoms in total. The highest BCUT2D eigenvalue weighted by atomic mass is 32.2. The molecule has 1 aromatic carbocycles. The van der Waals surface area contributed by atoms with E-state index in [1.54, 1.807) is 7.11 Å². The second kappa shape index (κ2) is 6.77. The van der Waals surface area contributed by atoms with Crippen LogP contribution in [0.5, 0.6) is 5.75 Å². The molecule has 0 saturated carbocycles. The number of piperidine rings is 1. The van der Waals surface area contributed by atoms with Gasteiger partial charge in [-0.3, -0.25) is 4.90 Å². The molecular formula is C15H24N2O3S. The summed E-state index contributed by atoms with van der Waals surface area (Å²) in [6.45, 7) is 3.88. The highest BCUT2D eigenvalue weighted by Gasteiger charge is 2.26. The molecule has 1 aliphatic heterocycles. The molecule has 1 N–H and O–H groups in total. The molecule has 0 aliphatic carbocycles. The maximum atomic E-state index is 11.4. The molecule has 0 unspecified atom stereocenters. The van der Waals surface area contributed by atoms with E-state index in [0.717, 1.165) is 31.7 Å². The first-order valence-electron chi connectivity index (χ1n) is 7.24. The van der Waals surface area contributed by atoms with Crippen molar-refractivity contribution in [1.29, 1.82) is 0 Å². The van der Waals surface area contributed by atoms with Crippen LogP contribution in [0.25, 0.3) is 0 Å². The number of ether oxygens (including phenoxy) is 1. The van der Waals surface area contributed by atoms with Gasteiger partial charge in [0, 0.05) is 18.6 Å². The van der Waals surface area contributed by atoms with Crippen molar-refractivity contribution in [1.82, 2.24) is 9.62 Å². The van der Waals surface area contributed by atoms with Crippen LogP contribution in [0.4, 0.5) is 0 Å². The molecule has 2 atom stereocenters. The van der Waals surface area contributed by atoms with Crippen molar-refractivity contribution in [3.05, 3.63) is 29.8 Å². The second-order valence-corrected chi connectivity index (χ2v) is 7.46. The average molecular weight is 312 g/mol. The zero-order chi connectivity index (χ0) is 15.5. The third-order valence-electron chi connectivity index (χ3n) is 3.96. The minimum absolute atomic E-state index is 0.00167. The van der Waals surface area contributed by atoms with Gasteiger partial charge < -0.3 is 4.74 Å². The molecule has 21 heavy (non-hydrogen) atoms. The number of nitrogens with zero attached hydrogens (tertiary/aromatic N) is 1. The zero-order valence-electron chi connectivity index (χ0n) is 12.9. The largest absolute Gasteiger partial charge is 0.497 e. The minimum Gasteiger partial charge on any atom is -0.497 e. The average Bonchev–Trinajstić information content (AvgIpc) is 2.45. The first-order valence-corrected chi connectivity index (χ1v) is 9.13. The van der Waals surface area contributed by atoms with Crippen LogP contribution in [0.1, 0.15) is 31.4 Å². The fourth-order valence-electron chi connectivity index (χ4n) is 2.87. The van der Waals surface area contributed by atoms with E-state index in [4.69, 9.17) is 4.74 Å². The van der Waals surface area contributed by atoms with E-state index in [1.807, 2.05) is 18.2 Å². The van der Waals surface area contributed by atoms with E-state index in [1.165, 1.54) is 11.8 Å². The molecule has 1 heterocycles. The van der Waals surface area contributed by atoms with Crippen molar-refractivity contribution >= 4 is 10.0 Å². The summed E-state index contributed by atoms with van der Waals surface area (Å²) in [6, 6.07) is 8.28. The van der Waals surface area contributed by atoms with Crippen molar-refractivity contribution in [2.75, 3.05) is 26.5 Å². The highest BCUT2D eigenvalue weighted by molar-refractivity contribution is 7.88. The van der Waals surface area contributed by atoms with E-state index in [2.05, 4.69) is 22.6 Å². The number of sulfonamides is 1. The molecule has 1 fully saturated rings. The van der Waals surface area contributed by atoms with Crippen LogP contribution in [0, 0.1) is 0 Å². The lowest BCUT2D eigenvalue weighted by Crippen LogP contribution is -2.47. The van der Waals surface area contributed by atoms with Gasteiger partial charge in [-0.15, -0.1) is 0 Å². The molecule has 0 amide bonds. The first kappa shape index (κ1) is 16.3. The van der Waals surface area contributed by atoms with Crippen LogP contribution in [-0.2, 0) is 10.0 Å². The van der Waals surface area contributed by atoms with Crippen LogP contribution in [0.2, 0.25) is 0 Å². The number of benzene rings is 1. The van der Waals surface area contributed by atoms with Gasteiger partial charge in [-0.1, -0.05) is 12.1 Å². The lowest BCUT2D eigenvalue weighted by molar-refractivity contribution is 0.154. The monoisotopic (exact) mass is 312 g/mol. The second-order valence-electron chi connectivity index (χ2n) is 5.68. The van der Waals surface area contributed by atoms with Crippen LogP contribution in [0.15, 0.2) is 24.3 Å². The Balaban J connectivity index is 2.06. The quantitative estimate of drug-likeness (QED) is 0.900. The third kappa shape index (κ3) is 4.69. The van der Waals surface area contributed by atoms with Crippen LogP contribution in [0.3, 0.4) is 0 Å². The Morgan fingerprint density at radius 1 is 1.43 bits per heavy atom. The molecule has 0 radical (unpaired) electrons. The molecule has 1 saturated heterocycles. The summed E-state index contributed by atoms with van der Waals surface area (Å²) in [5, 5.41) is 0. The van der Waals surface area contributed by atoms with E-state index < -0.39 is 10.0 Å². The Kier molecular flexibility index (Phi) is 5.24. The Bertz CT molecular complexity index is 574. The highest BCUT2D eigenvalue weighted by Crippen LogP contribution is 2.26. The summed E-state index contributed by atoms with van der Waals surface area (Å²) < 4.78 is 30.8. The molecule has 1 aliphatic rings. The minimum atomic E-state index is -3.14. The van der Waals surface area contributed by atoms with Gasteiger partial charge in [0.05, 0.1) is 13.4 Å². The molecule has 6 heteroatoms. The van der Waals surface area contributed by atoms with Gasteiger partial charge in [0.1, 0.15) is 5.75 Å². The lowest BCUT2D eigenvalue weighted by Gasteiger charge is -2.37. The predicted octanol–water partition coefficient (Wildman–Crippen LogP) is 1.77. The smallest absolute Gasteiger partial charge is 0.208 e. The van der Waals surface area contributed by atoms with Crippen molar-refractivity contribution in [2.24, 2.45) is 0 Å². The first-order chi connectivity index (χ1) is 9.89. The molecular weight excluding hydrogens is 288 g/mol. The number of hydrogen-bond acceptors (Lipinski definition) is 4. The number of methoxy groups -OCH3 is 1. The normalized spacial score (nSPS) is 22.0. The standard InChI is InChI=1S/C15H24N2O3S/c1-12(13-6-4-8-15(10-13)20-2)17-9-5-7-14(11-17)16-21(3,18)19/h4,6,8,10,12,14,16H,5,7,9,11H2,1-3H3/t12-,14-/m0/s1. The van der Waals surface area contributed by atoms with E-state index in [0.29, 0.717) is 0 Å². The molecule has 0 spiro atoms. The number of nitrogens with one attached hydrogen (secondary N) is 1. The van der Waals surface area contributed by atoms with Gasteiger partial charge in [-0.25, -0.2) is 13.1 Å². The number of rotatable bonds is 5. The van der Waals surface area contributed by atoms with Gasteiger partial charge in [-0.05, 0) is 44.0 Å². The lowest BCUT2D eigenvalue weighted by atomic mass is 10.0. The van der Waals surface area contributed by atoms with Crippen LogP contribution in [-0.4, -0.2) is 45.8 Å². The molecule has 2 rings (SSSR count). The van der Waals surface area contributed by atoms with Gasteiger partial charge in [-0.2, -0.15) is 0 Å². The molecule has 0 bridgehead atoms. The van der Waals surface area contributed by atoms with E-state index >= 15 is 0 Å². The predicted molar refractivity (Wildman–Crippen MR) is 84.0 cm³/mol. The van der Waals surface area contributed by atoms with Crippen molar-refractivity contribution in [2.45, 2.75) is 31.8 Å². The SMILES string of the molecule is COc1cccc([C@H](C)N2CCC[C@H](NS(C)(=O)=O)C2)c1. The Morgan fingerprint density at radius 3 is 2.86 bits per heavy atom. The Hall–Kier alpha value is -1.11. The van der Waals surface area contributed by atoms with E-state index in [9.17, 15) is 8.42 Å². The summed E-state index contributed by atoms with van der Waals surface area (Å²) in [5.41, 5.74) is 1.19. The summed E-state index contributed by atoms with van der Waals surface area (Å²) in [4.78, 5) is 2.32. The topological polar surface area (TPSA) is 58.6 Å². The van der Waals surface area contributed by atoms with E-state index in [-0.39, 0.29) is 12.1 Å². The maximum Gasteiger partial charge on any atom is 0.208 e. The molecule has 0 aromatic heterocycles. The van der Waals surface area contributed by atoms with Crippen molar-refractivity contribution in [3.63, 3.8) is 0 Å². The summed E-state index contributed by atoms with van der Waals surface area (Å²) >= 11 is 0. The van der Waals surface area contributed by atoms with Gasteiger partial charge in [0.25, 0.3) is 0 Å². The summed E-state index contributed by atoms with van der Waals surface area (Å²) in [6.07, 6.45) is 3.12. The number of hydrogen-bond donors (Lipinski definition) is 1. The summed E-state index contributed by atoms with van der Waals surface area (Å²) in [5.74, 6) is 0.849. The van der Waals surface area contributed by atoms with Gasteiger partial charge in [0.2, 0.25) is 10.0 Å². The Labute approximate surface area is 127 Å². The summed E-state index contributed by atoms with van der Waals surface area (Å²) in [7, 11) is -1.48. The fraction of sp³-hybridized carbons (Fsp3) is 0.600. The third-order valence-corrected chi connectivity index (χ3v) is 4.72. The fourth-order valence-corrected chi connectivity index (χ4v) is 3.67. The maximum absolute atomic E-state index is 11.4.